The lowest BCUT2D eigenvalue weighted by atomic mass is 9.92. The number of hydrogen-bond acceptors (Lipinski definition) is 2. The van der Waals surface area contributed by atoms with Gasteiger partial charge in [0.05, 0.1) is 11.0 Å². The van der Waals surface area contributed by atoms with E-state index < -0.39 is 0 Å². The largest absolute Gasteiger partial charge is 0.455 e. The van der Waals surface area contributed by atoms with Crippen molar-refractivity contribution in [2.24, 2.45) is 0 Å². The number of benzene rings is 14. The molecule has 0 atom stereocenters. The zero-order valence-corrected chi connectivity index (χ0v) is 44.2. The third-order valence-electron chi connectivity index (χ3n) is 16.6. The van der Waals surface area contributed by atoms with E-state index >= 15 is 0 Å². The van der Waals surface area contributed by atoms with Crippen LogP contribution in [0.25, 0.3) is 137 Å². The molecule has 0 radical (unpaired) electrons. The van der Waals surface area contributed by atoms with Crippen molar-refractivity contribution in [2.75, 3.05) is 4.90 Å². The first-order valence-electron chi connectivity index (χ1n) is 27.8. The number of fused-ring (bicyclic) bond motifs is 12. The monoisotopic (exact) mass is 1030 g/mol. The van der Waals surface area contributed by atoms with E-state index in [1.165, 1.54) is 82.0 Å². The Morgan fingerprint density at radius 2 is 0.605 bits per heavy atom. The van der Waals surface area contributed by atoms with Crippen LogP contribution < -0.4 is 4.90 Å². The zero-order chi connectivity index (χ0) is 53.4. The van der Waals surface area contributed by atoms with E-state index in [4.69, 9.17) is 4.42 Å². The number of furan rings is 1. The summed E-state index contributed by atoms with van der Waals surface area (Å²) in [7, 11) is 0. The number of rotatable bonds is 9. The normalized spacial score (nSPS) is 11.7. The van der Waals surface area contributed by atoms with E-state index in [0.29, 0.717) is 0 Å². The van der Waals surface area contributed by atoms with Gasteiger partial charge in [-0.1, -0.05) is 218 Å². The summed E-state index contributed by atoms with van der Waals surface area (Å²) in [5.41, 5.74) is 20.1. The summed E-state index contributed by atoms with van der Waals surface area (Å²) >= 11 is 0. The molecule has 2 heterocycles. The maximum atomic E-state index is 6.47. The molecule has 14 aromatic carbocycles. The van der Waals surface area contributed by atoms with Gasteiger partial charge < -0.3 is 13.9 Å². The molecule has 81 heavy (non-hydrogen) atoms. The first-order valence-corrected chi connectivity index (χ1v) is 27.8. The van der Waals surface area contributed by atoms with E-state index in [2.05, 4.69) is 301 Å². The van der Waals surface area contributed by atoms with Crippen molar-refractivity contribution in [3.05, 3.63) is 303 Å². The van der Waals surface area contributed by atoms with Crippen molar-refractivity contribution < 1.29 is 4.42 Å². The van der Waals surface area contributed by atoms with E-state index in [-0.39, 0.29) is 0 Å². The molecule has 3 nitrogen and oxygen atoms in total. The Morgan fingerprint density at radius 3 is 1.15 bits per heavy atom. The van der Waals surface area contributed by atoms with Crippen LogP contribution in [0.2, 0.25) is 0 Å². The fourth-order valence-corrected chi connectivity index (χ4v) is 12.6. The van der Waals surface area contributed by atoms with Crippen molar-refractivity contribution in [2.45, 2.75) is 0 Å². The number of nitrogens with zero attached hydrogens (tertiary/aromatic N) is 2. The average molecular weight is 1030 g/mol. The lowest BCUT2D eigenvalue weighted by molar-refractivity contribution is 0.670. The van der Waals surface area contributed by atoms with E-state index in [0.717, 1.165) is 72.5 Å². The first kappa shape index (κ1) is 46.4. The Bertz CT molecular complexity index is 5020. The molecule has 0 N–H and O–H groups in total. The van der Waals surface area contributed by atoms with Crippen LogP contribution in [-0.4, -0.2) is 4.57 Å². The smallest absolute Gasteiger partial charge is 0.143 e. The molecule has 0 aliphatic carbocycles. The maximum Gasteiger partial charge on any atom is 0.143 e. The third-order valence-corrected chi connectivity index (χ3v) is 16.6. The van der Waals surface area contributed by atoms with Crippen LogP contribution >= 0.6 is 0 Å². The molecule has 0 saturated carbocycles. The van der Waals surface area contributed by atoms with Gasteiger partial charge in [-0.15, -0.1) is 0 Å². The SMILES string of the molecule is c1ccc(-c2ccc(N(c3ccc(-c4ccc5c(c4)c4cc(-c6ccccc6)ccc4n5-c4ccc(-c5ccc6c7ccccc7c7ccccc7c6c5)cc4)cc3)c3ccc(-c4cccc5c4oc4ccccc45)cc3)cc2)cc1. The lowest BCUT2D eigenvalue weighted by Crippen LogP contribution is -2.09. The molecule has 16 aromatic rings. The minimum absolute atomic E-state index is 0.900. The molecule has 378 valence electrons. The number of aromatic nitrogens is 1. The van der Waals surface area contributed by atoms with Gasteiger partial charge in [-0.2, -0.15) is 0 Å². The van der Waals surface area contributed by atoms with Gasteiger partial charge in [0, 0.05) is 49.9 Å². The molecule has 0 aliphatic rings. The van der Waals surface area contributed by atoms with Gasteiger partial charge >= 0.3 is 0 Å². The fraction of sp³-hybridized carbons (Fsp3) is 0. The molecule has 2 aromatic heterocycles. The molecule has 0 amide bonds. The summed E-state index contributed by atoms with van der Waals surface area (Å²) < 4.78 is 8.90. The van der Waals surface area contributed by atoms with Crippen molar-refractivity contribution in [1.82, 2.24) is 4.57 Å². The van der Waals surface area contributed by atoms with Crippen molar-refractivity contribution in [1.29, 1.82) is 0 Å². The highest BCUT2D eigenvalue weighted by molar-refractivity contribution is 6.26. The number of hydrogen-bond donors (Lipinski definition) is 0. The molecular formula is C78H50N2O. The molecule has 0 aliphatic heterocycles. The van der Waals surface area contributed by atoms with E-state index in [1.54, 1.807) is 0 Å². The van der Waals surface area contributed by atoms with E-state index in [9.17, 15) is 0 Å². The second-order valence-corrected chi connectivity index (χ2v) is 21.2. The Kier molecular flexibility index (Phi) is 10.9. The minimum Gasteiger partial charge on any atom is -0.455 e. The van der Waals surface area contributed by atoms with Gasteiger partial charge in [0.15, 0.2) is 0 Å². The maximum absolute atomic E-state index is 6.47. The topological polar surface area (TPSA) is 21.3 Å². The summed E-state index contributed by atoms with van der Waals surface area (Å²) in [6.45, 7) is 0. The minimum atomic E-state index is 0.900. The van der Waals surface area contributed by atoms with Crippen LogP contribution in [0.5, 0.6) is 0 Å². The van der Waals surface area contributed by atoms with Crippen LogP contribution in [-0.2, 0) is 0 Å². The van der Waals surface area contributed by atoms with E-state index in [1.807, 2.05) is 12.1 Å². The van der Waals surface area contributed by atoms with Crippen LogP contribution in [0.15, 0.2) is 308 Å². The molecule has 0 fully saturated rings. The van der Waals surface area contributed by atoms with Gasteiger partial charge in [0.25, 0.3) is 0 Å². The van der Waals surface area contributed by atoms with Crippen LogP contribution in [0.4, 0.5) is 17.1 Å². The molecule has 3 heteroatoms. The van der Waals surface area contributed by atoms with Crippen LogP contribution in [0, 0.1) is 0 Å². The van der Waals surface area contributed by atoms with Gasteiger partial charge in [0.1, 0.15) is 11.2 Å². The highest BCUT2D eigenvalue weighted by atomic mass is 16.3. The Hall–Kier alpha value is -10.7. The van der Waals surface area contributed by atoms with Gasteiger partial charge in [-0.25, -0.2) is 0 Å². The average Bonchev–Trinajstić information content (AvgIpc) is 4.26. The van der Waals surface area contributed by atoms with Crippen molar-refractivity contribution >= 4 is 93.1 Å². The van der Waals surface area contributed by atoms with Crippen LogP contribution in [0.3, 0.4) is 0 Å². The highest BCUT2D eigenvalue weighted by Gasteiger charge is 2.19. The molecule has 0 saturated heterocycles. The first-order chi connectivity index (χ1) is 40.1. The second-order valence-electron chi connectivity index (χ2n) is 21.2. The molecular weight excluding hydrogens is 981 g/mol. The standard InChI is InChI=1S/C78H50N2O/c1-3-14-51(15-4-1)53-26-37-60(38-27-53)79(62-43-32-56(33-44-62)64-23-13-24-71-70-22-11-12-25-77(70)81-78(64)71)61-39-28-55(29-40-61)59-36-47-76-74(50-59)73-49-58(52-16-5-2-6-17-52)35-46-75(73)80(76)63-41-30-54(31-42-63)57-34-45-69-67-20-8-7-18-65(67)66-19-9-10-21-68(66)72(69)48-57/h1-50H. The second kappa shape index (κ2) is 19.0. The Morgan fingerprint density at radius 1 is 0.235 bits per heavy atom. The number of para-hydroxylation sites is 2. The third kappa shape index (κ3) is 7.89. The molecule has 0 bridgehead atoms. The summed E-state index contributed by atoms with van der Waals surface area (Å²) in [6, 6.07) is 110. The molecule has 16 rings (SSSR count). The molecule has 0 spiro atoms. The van der Waals surface area contributed by atoms with Crippen molar-refractivity contribution in [3.63, 3.8) is 0 Å². The number of anilines is 3. The molecule has 0 unspecified atom stereocenters. The Balaban J connectivity index is 0.772. The predicted octanol–water partition coefficient (Wildman–Crippen LogP) is 21.9. The Labute approximate surface area is 469 Å². The van der Waals surface area contributed by atoms with Crippen LogP contribution in [0.1, 0.15) is 0 Å². The zero-order valence-electron chi connectivity index (χ0n) is 44.2. The predicted molar refractivity (Wildman–Crippen MR) is 342 cm³/mol. The lowest BCUT2D eigenvalue weighted by Gasteiger charge is -2.26. The van der Waals surface area contributed by atoms with Gasteiger partial charge in [0.2, 0.25) is 0 Å². The summed E-state index contributed by atoms with van der Waals surface area (Å²) in [6.07, 6.45) is 0. The van der Waals surface area contributed by atoms with Gasteiger partial charge in [-0.05, 0) is 167 Å². The highest BCUT2D eigenvalue weighted by Crippen LogP contribution is 2.43. The summed E-state index contributed by atoms with van der Waals surface area (Å²) in [4.78, 5) is 2.35. The summed E-state index contributed by atoms with van der Waals surface area (Å²) in [5.74, 6) is 0. The summed E-state index contributed by atoms with van der Waals surface area (Å²) in [5, 5.41) is 12.4. The quantitative estimate of drug-likeness (QED) is 0.134. The van der Waals surface area contributed by atoms with Crippen molar-refractivity contribution in [3.8, 4) is 61.3 Å². The van der Waals surface area contributed by atoms with Gasteiger partial charge in [-0.3, -0.25) is 0 Å². The fourth-order valence-electron chi connectivity index (χ4n) is 12.6.